The fourth-order valence-corrected chi connectivity index (χ4v) is 1.93. The Morgan fingerprint density at radius 2 is 2.31 bits per heavy atom. The molecule has 2 aromatic heterocycles. The number of aromatic carboxylic acids is 1. The van der Waals surface area contributed by atoms with Gasteiger partial charge >= 0.3 is 5.97 Å². The van der Waals surface area contributed by atoms with E-state index < -0.39 is 5.97 Å². The van der Waals surface area contributed by atoms with Gasteiger partial charge in [0.25, 0.3) is 5.71 Å². The molecule has 1 fully saturated rings. The molecule has 1 aliphatic rings. The molecule has 1 aliphatic carbocycles. The second-order valence-corrected chi connectivity index (χ2v) is 4.21. The van der Waals surface area contributed by atoms with Gasteiger partial charge in [-0.05, 0) is 18.9 Å². The molecule has 0 radical (unpaired) electrons. The van der Waals surface area contributed by atoms with Crippen LogP contribution in [0.1, 0.15) is 34.8 Å². The minimum Gasteiger partial charge on any atom is -0.478 e. The maximum absolute atomic E-state index is 11.1. The van der Waals surface area contributed by atoms with Crippen LogP contribution >= 0.6 is 11.6 Å². The van der Waals surface area contributed by atoms with Crippen molar-refractivity contribution >= 4 is 28.7 Å². The van der Waals surface area contributed by atoms with Crippen LogP contribution in [0.3, 0.4) is 0 Å². The number of pyridine rings is 1. The van der Waals surface area contributed by atoms with E-state index >= 15 is 0 Å². The average molecular weight is 239 g/mol. The molecule has 0 unspecified atom stereocenters. The van der Waals surface area contributed by atoms with Gasteiger partial charge in [-0.15, -0.1) is 0 Å². The maximum Gasteiger partial charge on any atom is 0.336 e. The summed E-state index contributed by atoms with van der Waals surface area (Å²) < 4.78 is 5.01. The molecule has 1 N–H and O–H groups in total. The summed E-state index contributed by atoms with van der Waals surface area (Å²) >= 11 is 5.71. The van der Waals surface area contributed by atoms with Crippen molar-refractivity contribution in [2.24, 2.45) is 0 Å². The number of hydrogen-bond donors (Lipinski definition) is 1. The van der Waals surface area contributed by atoms with Crippen LogP contribution in [-0.2, 0) is 0 Å². The standard InChI is InChI=1S/C10H7ClN2O3/c11-6-3-5(10(14)15)7-8(4-1-2-4)13-16-9(7)12-6/h3-4H,1-2H2,(H,14,15). The first-order valence-corrected chi connectivity index (χ1v) is 5.23. The molecule has 0 atom stereocenters. The minimum absolute atomic E-state index is 0.100. The lowest BCUT2D eigenvalue weighted by Crippen LogP contribution is -1.99. The quantitative estimate of drug-likeness (QED) is 0.814. The molecule has 1 saturated carbocycles. The number of nitrogens with zero attached hydrogens (tertiary/aromatic N) is 2. The Hall–Kier alpha value is -1.62. The first-order valence-electron chi connectivity index (χ1n) is 4.86. The van der Waals surface area contributed by atoms with Gasteiger partial charge in [0, 0.05) is 5.92 Å². The third-order valence-corrected chi connectivity index (χ3v) is 2.83. The first-order chi connectivity index (χ1) is 7.66. The zero-order chi connectivity index (χ0) is 11.3. The van der Waals surface area contributed by atoms with E-state index in [2.05, 4.69) is 10.1 Å². The van der Waals surface area contributed by atoms with Crippen molar-refractivity contribution in [2.45, 2.75) is 18.8 Å². The molecule has 3 rings (SSSR count). The molecule has 0 spiro atoms. The Morgan fingerprint density at radius 3 is 2.94 bits per heavy atom. The van der Waals surface area contributed by atoms with Gasteiger partial charge in [0.05, 0.1) is 16.6 Å². The molecular weight excluding hydrogens is 232 g/mol. The lowest BCUT2D eigenvalue weighted by atomic mass is 10.1. The van der Waals surface area contributed by atoms with Gasteiger partial charge in [0.15, 0.2) is 0 Å². The van der Waals surface area contributed by atoms with Gasteiger partial charge < -0.3 is 9.63 Å². The van der Waals surface area contributed by atoms with Crippen LogP contribution < -0.4 is 0 Å². The van der Waals surface area contributed by atoms with Crippen LogP contribution in [0.2, 0.25) is 5.15 Å². The van der Waals surface area contributed by atoms with Gasteiger partial charge in [0.1, 0.15) is 5.15 Å². The topological polar surface area (TPSA) is 76.2 Å². The highest BCUT2D eigenvalue weighted by Crippen LogP contribution is 2.43. The number of fused-ring (bicyclic) bond motifs is 1. The van der Waals surface area contributed by atoms with Crippen LogP contribution in [0, 0.1) is 0 Å². The number of carboxylic acid groups (broad SMARTS) is 1. The summed E-state index contributed by atoms with van der Waals surface area (Å²) in [5.74, 6) is -0.735. The molecule has 2 heterocycles. The average Bonchev–Trinajstić information content (AvgIpc) is 2.98. The molecule has 5 nitrogen and oxygen atoms in total. The smallest absolute Gasteiger partial charge is 0.336 e. The number of rotatable bonds is 2. The van der Waals surface area contributed by atoms with E-state index in [1.807, 2.05) is 0 Å². The van der Waals surface area contributed by atoms with E-state index in [0.29, 0.717) is 17.0 Å². The van der Waals surface area contributed by atoms with Crippen LogP contribution in [0.5, 0.6) is 0 Å². The Morgan fingerprint density at radius 1 is 1.56 bits per heavy atom. The molecule has 82 valence electrons. The minimum atomic E-state index is -1.04. The fourth-order valence-electron chi connectivity index (χ4n) is 1.75. The Balaban J connectivity index is 2.35. The van der Waals surface area contributed by atoms with Gasteiger partial charge in [-0.25, -0.2) is 4.79 Å². The molecule has 0 saturated heterocycles. The van der Waals surface area contributed by atoms with Crippen molar-refractivity contribution in [1.82, 2.24) is 10.1 Å². The third kappa shape index (κ3) is 1.36. The van der Waals surface area contributed by atoms with E-state index in [1.165, 1.54) is 6.07 Å². The van der Waals surface area contributed by atoms with Gasteiger partial charge in [-0.1, -0.05) is 16.8 Å². The van der Waals surface area contributed by atoms with Gasteiger partial charge in [-0.2, -0.15) is 4.98 Å². The SMILES string of the molecule is O=C(O)c1cc(Cl)nc2onc(C3CC3)c12. The lowest BCUT2D eigenvalue weighted by molar-refractivity contribution is 0.0699. The largest absolute Gasteiger partial charge is 0.478 e. The third-order valence-electron chi connectivity index (χ3n) is 2.64. The second kappa shape index (κ2) is 3.18. The summed E-state index contributed by atoms with van der Waals surface area (Å²) in [6, 6.07) is 1.33. The Kier molecular flexibility index (Phi) is 1.91. The number of aromatic nitrogens is 2. The molecule has 0 bridgehead atoms. The van der Waals surface area contributed by atoms with E-state index in [0.717, 1.165) is 12.8 Å². The van der Waals surface area contributed by atoms with Crippen LogP contribution in [-0.4, -0.2) is 21.2 Å². The molecule has 0 aromatic carbocycles. The highest BCUT2D eigenvalue weighted by Gasteiger charge is 2.31. The van der Waals surface area contributed by atoms with Crippen molar-refractivity contribution in [3.63, 3.8) is 0 Å². The monoisotopic (exact) mass is 238 g/mol. The number of halogens is 1. The molecule has 0 amide bonds. The van der Waals surface area contributed by atoms with Crippen molar-refractivity contribution in [1.29, 1.82) is 0 Å². The van der Waals surface area contributed by atoms with Crippen molar-refractivity contribution in [2.75, 3.05) is 0 Å². The molecule has 16 heavy (non-hydrogen) atoms. The predicted molar refractivity (Wildman–Crippen MR) is 55.7 cm³/mol. The Bertz CT molecular complexity index is 589. The summed E-state index contributed by atoms with van der Waals surface area (Å²) in [6.45, 7) is 0. The first kappa shape index (κ1) is 9.59. The molecule has 2 aromatic rings. The van der Waals surface area contributed by atoms with Crippen molar-refractivity contribution in [3.8, 4) is 0 Å². The van der Waals surface area contributed by atoms with Crippen LogP contribution in [0.15, 0.2) is 10.6 Å². The normalized spacial score (nSPS) is 15.6. The summed E-state index contributed by atoms with van der Waals surface area (Å²) in [5, 5.41) is 13.6. The Labute approximate surface area is 95.0 Å². The highest BCUT2D eigenvalue weighted by molar-refractivity contribution is 6.30. The lowest BCUT2D eigenvalue weighted by Gasteiger charge is -1.98. The van der Waals surface area contributed by atoms with Crippen molar-refractivity contribution in [3.05, 3.63) is 22.5 Å². The number of carboxylic acids is 1. The van der Waals surface area contributed by atoms with Gasteiger partial charge in [0.2, 0.25) is 0 Å². The number of carbonyl (C=O) groups is 1. The van der Waals surface area contributed by atoms with Crippen LogP contribution in [0.4, 0.5) is 0 Å². The van der Waals surface area contributed by atoms with E-state index in [9.17, 15) is 4.79 Å². The van der Waals surface area contributed by atoms with Crippen molar-refractivity contribution < 1.29 is 14.4 Å². The predicted octanol–water partition coefficient (Wildman–Crippen LogP) is 2.45. The van der Waals surface area contributed by atoms with Crippen LogP contribution in [0.25, 0.3) is 11.1 Å². The maximum atomic E-state index is 11.1. The van der Waals surface area contributed by atoms with E-state index in [-0.39, 0.29) is 16.4 Å². The molecule has 0 aliphatic heterocycles. The number of hydrogen-bond acceptors (Lipinski definition) is 4. The zero-order valence-corrected chi connectivity index (χ0v) is 8.86. The summed E-state index contributed by atoms with van der Waals surface area (Å²) in [6.07, 6.45) is 2.03. The van der Waals surface area contributed by atoms with E-state index in [1.54, 1.807) is 0 Å². The summed E-state index contributed by atoms with van der Waals surface area (Å²) in [4.78, 5) is 15.0. The molecule has 6 heteroatoms. The molecular formula is C10H7ClN2O3. The second-order valence-electron chi connectivity index (χ2n) is 3.82. The fraction of sp³-hybridized carbons (Fsp3) is 0.300. The highest BCUT2D eigenvalue weighted by atomic mass is 35.5. The zero-order valence-electron chi connectivity index (χ0n) is 8.11. The van der Waals surface area contributed by atoms with Gasteiger partial charge in [-0.3, -0.25) is 0 Å². The summed E-state index contributed by atoms with van der Waals surface area (Å²) in [7, 11) is 0. The van der Waals surface area contributed by atoms with E-state index in [4.69, 9.17) is 21.2 Å². The summed E-state index contributed by atoms with van der Waals surface area (Å²) in [5.41, 5.74) is 1.00.